The average molecular weight is 528 g/mol. The highest BCUT2D eigenvalue weighted by Gasteiger charge is 2.49. The zero-order chi connectivity index (χ0) is 26.4. The van der Waals surface area contributed by atoms with Crippen LogP contribution in [0.1, 0.15) is 45.6 Å². The van der Waals surface area contributed by atoms with Crippen LogP contribution in [0.2, 0.25) is 0 Å². The Labute approximate surface area is 224 Å². The summed E-state index contributed by atoms with van der Waals surface area (Å²) in [5, 5.41) is 31.0. The van der Waals surface area contributed by atoms with E-state index in [0.717, 1.165) is 70.6 Å². The van der Waals surface area contributed by atoms with E-state index in [1.807, 2.05) is 30.5 Å². The number of carbonyl (C=O) groups is 1. The van der Waals surface area contributed by atoms with Gasteiger partial charge in [0.1, 0.15) is 6.07 Å². The molecule has 2 fully saturated rings. The molecule has 6 rings (SSSR count). The maximum atomic E-state index is 11.4. The number of hydrogen-bond acceptors (Lipinski definition) is 9. The summed E-state index contributed by atoms with van der Waals surface area (Å²) in [6, 6.07) is 10.4. The zero-order valence-corrected chi connectivity index (χ0v) is 22.4. The molecule has 1 aliphatic carbocycles. The van der Waals surface area contributed by atoms with Gasteiger partial charge in [-0.1, -0.05) is 11.3 Å². The molecule has 38 heavy (non-hydrogen) atoms. The van der Waals surface area contributed by atoms with Gasteiger partial charge in [0.05, 0.1) is 34.2 Å². The highest BCUT2D eigenvalue weighted by Crippen LogP contribution is 2.48. The normalized spacial score (nSPS) is 18.1. The molecule has 5 heterocycles. The topological polar surface area (TPSA) is 124 Å². The Morgan fingerprint density at radius 1 is 1.24 bits per heavy atom. The van der Waals surface area contributed by atoms with E-state index in [0.29, 0.717) is 5.56 Å². The summed E-state index contributed by atoms with van der Waals surface area (Å²) in [5.74, 6) is 0.0528. The van der Waals surface area contributed by atoms with E-state index in [9.17, 15) is 10.1 Å². The van der Waals surface area contributed by atoms with Crippen molar-refractivity contribution in [3.63, 3.8) is 0 Å². The fourth-order valence-electron chi connectivity index (χ4n) is 5.71. The molecule has 4 aromatic heterocycles. The smallest absolute Gasteiger partial charge is 0.217 e. The van der Waals surface area contributed by atoms with Gasteiger partial charge in [0.25, 0.3) is 0 Å². The molecule has 1 unspecified atom stereocenters. The van der Waals surface area contributed by atoms with Crippen molar-refractivity contribution in [1.29, 1.82) is 5.26 Å². The standard InChI is InChI=1S/C27H29N9OS/c1-16(2)31-22-9-23(24-5-4-20-8-18(11-28)12-30-36(20)24)29-13-21(22)25-33-34-26(38-25)35-14-27(15-35)7-6-19(10-27)32-17(3)37/h4-5,8-9,12-13,16,19H,6-7,10,14-15H2,1-3H3,(H,29,31)(H,32,37). The third-order valence-electron chi connectivity index (χ3n) is 7.32. The zero-order valence-electron chi connectivity index (χ0n) is 21.6. The molecule has 194 valence electrons. The third-order valence-corrected chi connectivity index (χ3v) is 8.34. The quantitative estimate of drug-likeness (QED) is 0.384. The summed E-state index contributed by atoms with van der Waals surface area (Å²) in [4.78, 5) is 18.5. The second-order valence-corrected chi connectivity index (χ2v) is 11.7. The molecule has 1 saturated carbocycles. The second kappa shape index (κ2) is 9.36. The summed E-state index contributed by atoms with van der Waals surface area (Å²) >= 11 is 1.58. The molecular formula is C27H29N9OS. The number of anilines is 2. The lowest BCUT2D eigenvalue weighted by atomic mass is 9.78. The van der Waals surface area contributed by atoms with Gasteiger partial charge in [-0.05, 0) is 57.4 Å². The van der Waals surface area contributed by atoms with E-state index in [1.165, 1.54) is 0 Å². The highest BCUT2D eigenvalue weighted by molar-refractivity contribution is 7.18. The van der Waals surface area contributed by atoms with Crippen LogP contribution in [0.4, 0.5) is 10.8 Å². The molecule has 1 atom stereocenters. The Bertz CT molecular complexity index is 1560. The Kier molecular flexibility index (Phi) is 5.99. The van der Waals surface area contributed by atoms with Gasteiger partial charge >= 0.3 is 0 Å². The minimum Gasteiger partial charge on any atom is -0.382 e. The maximum Gasteiger partial charge on any atom is 0.217 e. The van der Waals surface area contributed by atoms with Gasteiger partial charge in [0, 0.05) is 49.4 Å². The molecule has 1 aliphatic heterocycles. The Hall–Kier alpha value is -4.04. The first-order chi connectivity index (χ1) is 18.3. The minimum atomic E-state index is 0.0528. The van der Waals surface area contributed by atoms with Gasteiger partial charge in [0.15, 0.2) is 5.01 Å². The van der Waals surface area contributed by atoms with Crippen LogP contribution in [-0.4, -0.2) is 55.9 Å². The second-order valence-electron chi connectivity index (χ2n) is 10.7. The number of nitrogens with one attached hydrogen (secondary N) is 2. The van der Waals surface area contributed by atoms with Crippen LogP contribution in [0.25, 0.3) is 27.5 Å². The first-order valence-corrected chi connectivity index (χ1v) is 13.6. The molecular weight excluding hydrogens is 498 g/mol. The van der Waals surface area contributed by atoms with Crippen molar-refractivity contribution in [2.45, 2.75) is 52.1 Å². The molecule has 0 radical (unpaired) electrons. The molecule has 0 bridgehead atoms. The lowest BCUT2D eigenvalue weighted by molar-refractivity contribution is -0.119. The largest absolute Gasteiger partial charge is 0.382 e. The SMILES string of the molecule is CC(=O)NC1CCC2(C1)CN(c1nnc(-c3cnc(-c4ccc5cc(C#N)cnn45)cc3NC(C)C)s1)C2. The molecule has 1 spiro atoms. The van der Waals surface area contributed by atoms with Crippen molar-refractivity contribution in [3.05, 3.63) is 42.2 Å². The number of carbonyl (C=O) groups excluding carboxylic acids is 1. The molecule has 1 saturated heterocycles. The minimum absolute atomic E-state index is 0.0528. The van der Waals surface area contributed by atoms with Crippen LogP contribution in [0.3, 0.4) is 0 Å². The molecule has 4 aromatic rings. The van der Waals surface area contributed by atoms with Gasteiger partial charge in [-0.25, -0.2) is 4.52 Å². The number of nitriles is 1. The van der Waals surface area contributed by atoms with Crippen molar-refractivity contribution in [2.24, 2.45) is 5.41 Å². The van der Waals surface area contributed by atoms with Crippen LogP contribution in [0.5, 0.6) is 0 Å². The number of aromatic nitrogens is 5. The molecule has 10 nitrogen and oxygen atoms in total. The maximum absolute atomic E-state index is 11.4. The van der Waals surface area contributed by atoms with Gasteiger partial charge in [-0.15, -0.1) is 10.2 Å². The van der Waals surface area contributed by atoms with Gasteiger partial charge < -0.3 is 15.5 Å². The van der Waals surface area contributed by atoms with Gasteiger partial charge in [-0.2, -0.15) is 10.4 Å². The fraction of sp³-hybridized carbons (Fsp3) is 0.407. The van der Waals surface area contributed by atoms with E-state index in [1.54, 1.807) is 29.0 Å². The Morgan fingerprint density at radius 2 is 2.08 bits per heavy atom. The monoisotopic (exact) mass is 527 g/mol. The first kappa shape index (κ1) is 24.3. The number of fused-ring (bicyclic) bond motifs is 1. The van der Waals surface area contributed by atoms with E-state index < -0.39 is 0 Å². The molecule has 1 amide bonds. The van der Waals surface area contributed by atoms with Crippen molar-refractivity contribution >= 4 is 33.6 Å². The first-order valence-electron chi connectivity index (χ1n) is 12.8. The molecule has 11 heteroatoms. The van der Waals surface area contributed by atoms with Crippen LogP contribution >= 0.6 is 11.3 Å². The fourth-order valence-corrected chi connectivity index (χ4v) is 6.57. The average Bonchev–Trinajstić information content (AvgIpc) is 3.60. The van der Waals surface area contributed by atoms with Crippen LogP contribution in [0, 0.1) is 16.7 Å². The van der Waals surface area contributed by atoms with Crippen LogP contribution in [0.15, 0.2) is 36.7 Å². The number of rotatable bonds is 6. The predicted molar refractivity (Wildman–Crippen MR) is 147 cm³/mol. The number of nitrogens with zero attached hydrogens (tertiary/aromatic N) is 7. The van der Waals surface area contributed by atoms with E-state index in [4.69, 9.17) is 4.98 Å². The van der Waals surface area contributed by atoms with Gasteiger partial charge in [0.2, 0.25) is 11.0 Å². The molecule has 0 aromatic carbocycles. The lowest BCUT2D eigenvalue weighted by Crippen LogP contribution is -2.55. The van der Waals surface area contributed by atoms with Crippen molar-refractivity contribution in [1.82, 2.24) is 30.1 Å². The summed E-state index contributed by atoms with van der Waals surface area (Å²) in [5.41, 5.74) is 5.11. The van der Waals surface area contributed by atoms with E-state index in [2.05, 4.69) is 50.7 Å². The number of amides is 1. The highest BCUT2D eigenvalue weighted by atomic mass is 32.1. The van der Waals surface area contributed by atoms with Crippen LogP contribution in [-0.2, 0) is 4.79 Å². The van der Waals surface area contributed by atoms with Crippen molar-refractivity contribution in [3.8, 4) is 28.0 Å². The van der Waals surface area contributed by atoms with Gasteiger partial charge in [-0.3, -0.25) is 9.78 Å². The Balaban J connectivity index is 1.24. The summed E-state index contributed by atoms with van der Waals surface area (Å²) < 4.78 is 1.80. The Morgan fingerprint density at radius 3 is 2.84 bits per heavy atom. The number of hydrogen-bond donors (Lipinski definition) is 2. The van der Waals surface area contributed by atoms with E-state index in [-0.39, 0.29) is 23.4 Å². The lowest BCUT2D eigenvalue weighted by Gasteiger charge is -2.48. The summed E-state index contributed by atoms with van der Waals surface area (Å²) in [6.45, 7) is 7.69. The summed E-state index contributed by atoms with van der Waals surface area (Å²) in [7, 11) is 0. The van der Waals surface area contributed by atoms with Crippen LogP contribution < -0.4 is 15.5 Å². The molecule has 2 aliphatic rings. The third kappa shape index (κ3) is 4.45. The number of pyridine rings is 1. The van der Waals surface area contributed by atoms with E-state index >= 15 is 0 Å². The molecule has 2 N–H and O–H groups in total. The van der Waals surface area contributed by atoms with Crippen molar-refractivity contribution < 1.29 is 4.79 Å². The van der Waals surface area contributed by atoms with Crippen molar-refractivity contribution in [2.75, 3.05) is 23.3 Å². The summed E-state index contributed by atoms with van der Waals surface area (Å²) in [6.07, 6.45) is 6.62. The predicted octanol–water partition coefficient (Wildman–Crippen LogP) is 4.10.